The molecule has 3 aromatic heterocycles. The summed E-state index contributed by atoms with van der Waals surface area (Å²) in [5.74, 6) is -15.7. The maximum absolute atomic E-state index is 15.2. The molecule has 0 aliphatic heterocycles. The van der Waals surface area contributed by atoms with Crippen molar-refractivity contribution in [2.75, 3.05) is 0 Å². The van der Waals surface area contributed by atoms with Crippen molar-refractivity contribution in [1.82, 2.24) is 4.98 Å². The molecular formula is C29H21F6N3OS2. The number of benzene rings is 1. The van der Waals surface area contributed by atoms with Crippen LogP contribution in [0.1, 0.15) is 37.0 Å². The molecule has 0 atom stereocenters. The number of para-hydroxylation sites is 1. The molecule has 212 valence electrons. The number of alkyl halides is 6. The van der Waals surface area contributed by atoms with Crippen LogP contribution in [0.5, 0.6) is 5.75 Å². The van der Waals surface area contributed by atoms with Crippen LogP contribution in [0.15, 0.2) is 64.9 Å². The summed E-state index contributed by atoms with van der Waals surface area (Å²) in [6.45, 7) is 4.48. The van der Waals surface area contributed by atoms with E-state index in [2.05, 4.69) is 15.2 Å². The first-order chi connectivity index (χ1) is 19.3. The summed E-state index contributed by atoms with van der Waals surface area (Å²) in [7, 11) is 0. The Morgan fingerprint density at radius 3 is 1.98 bits per heavy atom. The van der Waals surface area contributed by atoms with E-state index in [1.54, 1.807) is 37.3 Å². The summed E-state index contributed by atoms with van der Waals surface area (Å²) >= 11 is 2.09. The van der Waals surface area contributed by atoms with Crippen molar-refractivity contribution in [3.05, 3.63) is 91.7 Å². The third-order valence-electron chi connectivity index (χ3n) is 6.63. The lowest BCUT2D eigenvalue weighted by Gasteiger charge is -2.25. The smallest absolute Gasteiger partial charge is 0.380 e. The number of aromatic hydroxyl groups is 1. The second-order valence-corrected chi connectivity index (χ2v) is 12.1. The highest BCUT2D eigenvalue weighted by Gasteiger charge is 2.80. The normalized spacial score (nSPS) is 17.8. The van der Waals surface area contributed by atoms with Gasteiger partial charge in [0.1, 0.15) is 5.75 Å². The molecule has 0 spiro atoms. The van der Waals surface area contributed by atoms with Crippen molar-refractivity contribution in [3.8, 4) is 16.2 Å². The van der Waals surface area contributed by atoms with Gasteiger partial charge in [0, 0.05) is 48.0 Å². The van der Waals surface area contributed by atoms with E-state index in [0.717, 1.165) is 22.7 Å². The third kappa shape index (κ3) is 4.78. The van der Waals surface area contributed by atoms with E-state index in [9.17, 15) is 13.9 Å². The monoisotopic (exact) mass is 605 g/mol. The molecule has 5 rings (SSSR count). The van der Waals surface area contributed by atoms with Crippen molar-refractivity contribution >= 4 is 46.2 Å². The van der Waals surface area contributed by atoms with Crippen LogP contribution in [0, 0.1) is 20.8 Å². The Hall–Kier alpha value is -3.77. The molecule has 3 heterocycles. The van der Waals surface area contributed by atoms with Gasteiger partial charge in [-0.2, -0.15) is 36.5 Å². The van der Waals surface area contributed by atoms with Crippen molar-refractivity contribution in [2.45, 2.75) is 38.5 Å². The van der Waals surface area contributed by atoms with Crippen LogP contribution in [-0.2, 0) is 0 Å². The van der Waals surface area contributed by atoms with Crippen molar-refractivity contribution < 1.29 is 31.4 Å². The summed E-state index contributed by atoms with van der Waals surface area (Å²) in [5.41, 5.74) is -1.98. The third-order valence-corrected chi connectivity index (χ3v) is 8.69. The molecule has 41 heavy (non-hydrogen) atoms. The molecule has 0 radical (unpaired) electrons. The fourth-order valence-electron chi connectivity index (χ4n) is 4.60. The van der Waals surface area contributed by atoms with Crippen molar-refractivity contribution in [1.29, 1.82) is 0 Å². The molecule has 1 aromatic carbocycles. The zero-order chi connectivity index (χ0) is 29.7. The summed E-state index contributed by atoms with van der Waals surface area (Å²) in [4.78, 5) is 5.62. The zero-order valence-corrected chi connectivity index (χ0v) is 23.4. The van der Waals surface area contributed by atoms with Gasteiger partial charge in [0.25, 0.3) is 0 Å². The lowest BCUT2D eigenvalue weighted by atomic mass is 9.95. The van der Waals surface area contributed by atoms with Crippen molar-refractivity contribution in [2.24, 2.45) is 10.2 Å². The van der Waals surface area contributed by atoms with Crippen LogP contribution >= 0.6 is 22.7 Å². The number of pyridine rings is 1. The number of phenols is 1. The van der Waals surface area contributed by atoms with E-state index in [1.807, 2.05) is 0 Å². The van der Waals surface area contributed by atoms with Gasteiger partial charge < -0.3 is 5.11 Å². The molecule has 0 fully saturated rings. The molecule has 0 bridgehead atoms. The highest BCUT2D eigenvalue weighted by atomic mass is 32.1. The molecule has 0 saturated heterocycles. The molecule has 12 heteroatoms. The van der Waals surface area contributed by atoms with Crippen LogP contribution in [0.2, 0.25) is 0 Å². The molecule has 4 aromatic rings. The van der Waals surface area contributed by atoms with Gasteiger partial charge in [-0.1, -0.05) is 12.1 Å². The first kappa shape index (κ1) is 28.7. The Morgan fingerprint density at radius 2 is 1.39 bits per heavy atom. The minimum Gasteiger partial charge on any atom is -0.507 e. The van der Waals surface area contributed by atoms with Gasteiger partial charge in [-0.15, -0.1) is 22.7 Å². The fraction of sp³-hybridized carbons (Fsp3) is 0.207. The number of hydrogen-bond donors (Lipinski definition) is 1. The Bertz CT molecular complexity index is 1720. The largest absolute Gasteiger partial charge is 0.507 e. The van der Waals surface area contributed by atoms with Gasteiger partial charge in [0.2, 0.25) is 0 Å². The predicted octanol–water partition coefficient (Wildman–Crippen LogP) is 8.79. The van der Waals surface area contributed by atoms with Gasteiger partial charge in [0.15, 0.2) is 0 Å². The predicted molar refractivity (Wildman–Crippen MR) is 151 cm³/mol. The number of thiophene rings is 2. The first-order valence-electron chi connectivity index (χ1n) is 12.1. The van der Waals surface area contributed by atoms with E-state index in [1.165, 1.54) is 50.7 Å². The lowest BCUT2D eigenvalue weighted by Crippen LogP contribution is -2.48. The van der Waals surface area contributed by atoms with Crippen LogP contribution in [0.4, 0.5) is 26.3 Å². The molecule has 0 unspecified atom stereocenters. The summed E-state index contributed by atoms with van der Waals surface area (Å²) < 4.78 is 90.1. The van der Waals surface area contributed by atoms with Crippen LogP contribution in [-0.4, -0.2) is 40.3 Å². The number of allylic oxidation sites excluding steroid dienone is 2. The molecular weight excluding hydrogens is 584 g/mol. The number of hydrogen-bond acceptors (Lipinski definition) is 6. The lowest BCUT2D eigenvalue weighted by molar-refractivity contribution is -0.254. The SMILES string of the molecule is Cc1cc(C2=C(c3cc(-c4ccc(C=NN=Cc5ccccc5O)nc4)sc3C)C(F)(F)C(F)(F)C2(F)F)c(C)s1. The van der Waals surface area contributed by atoms with E-state index in [0.29, 0.717) is 26.6 Å². The molecule has 1 N–H and O–H groups in total. The Morgan fingerprint density at radius 1 is 0.780 bits per heavy atom. The molecule has 0 saturated carbocycles. The Labute approximate surface area is 239 Å². The summed E-state index contributed by atoms with van der Waals surface area (Å²) in [6.07, 6.45) is 4.15. The number of aromatic nitrogens is 1. The molecule has 1 aliphatic rings. The van der Waals surface area contributed by atoms with E-state index in [4.69, 9.17) is 0 Å². The maximum atomic E-state index is 15.2. The van der Waals surface area contributed by atoms with Crippen LogP contribution < -0.4 is 0 Å². The Kier molecular flexibility index (Phi) is 7.19. The summed E-state index contributed by atoms with van der Waals surface area (Å²) in [5, 5.41) is 17.5. The molecule has 1 aliphatic carbocycles. The van der Waals surface area contributed by atoms with Gasteiger partial charge in [0.05, 0.1) is 18.1 Å². The van der Waals surface area contributed by atoms with E-state index in [-0.39, 0.29) is 26.6 Å². The second kappa shape index (κ2) is 10.3. The Balaban J connectivity index is 1.50. The highest BCUT2D eigenvalue weighted by Crippen LogP contribution is 2.66. The van der Waals surface area contributed by atoms with Crippen LogP contribution in [0.25, 0.3) is 21.6 Å². The number of nitrogens with zero attached hydrogens (tertiary/aromatic N) is 3. The van der Waals surface area contributed by atoms with E-state index >= 15 is 17.6 Å². The minimum atomic E-state index is -5.61. The molecule has 4 nitrogen and oxygen atoms in total. The van der Waals surface area contributed by atoms with E-state index < -0.39 is 28.9 Å². The topological polar surface area (TPSA) is 57.8 Å². The van der Waals surface area contributed by atoms with Crippen molar-refractivity contribution in [3.63, 3.8) is 0 Å². The highest BCUT2D eigenvalue weighted by molar-refractivity contribution is 7.15. The molecule has 0 amide bonds. The van der Waals surface area contributed by atoms with Crippen LogP contribution in [0.3, 0.4) is 0 Å². The van der Waals surface area contributed by atoms with Gasteiger partial charge in [-0.05, 0) is 68.3 Å². The average molecular weight is 606 g/mol. The number of rotatable bonds is 6. The fourth-order valence-corrected chi connectivity index (χ4v) is 6.54. The van der Waals surface area contributed by atoms with Gasteiger partial charge >= 0.3 is 17.8 Å². The number of halogens is 6. The van der Waals surface area contributed by atoms with Gasteiger partial charge in [-0.25, -0.2) is 0 Å². The first-order valence-corrected chi connectivity index (χ1v) is 13.8. The minimum absolute atomic E-state index is 0.0470. The quantitative estimate of drug-likeness (QED) is 0.136. The maximum Gasteiger partial charge on any atom is 0.380 e. The van der Waals surface area contributed by atoms with Gasteiger partial charge in [-0.3, -0.25) is 4.98 Å². The number of aryl methyl sites for hydroxylation is 3. The number of phenolic OH excluding ortho intramolecular Hbond substituents is 1. The average Bonchev–Trinajstić information content (AvgIpc) is 3.48. The standard InChI is InChI=1S/C29H21F6N3OS2/c1-15-10-21(16(2)40-15)25-26(28(32,33)29(34,35)27(25,30)31)22-11-24(41-17(22)3)19-8-9-20(36-12-19)14-38-37-13-18-6-4-5-7-23(18)39/h4-14,39H,1-3H3. The second-order valence-electron chi connectivity index (χ2n) is 9.40. The summed E-state index contributed by atoms with van der Waals surface area (Å²) in [6, 6.07) is 12.3. The zero-order valence-electron chi connectivity index (χ0n) is 21.7.